The predicted octanol–water partition coefficient (Wildman–Crippen LogP) is 0.783. The lowest BCUT2D eigenvalue weighted by Crippen LogP contribution is -2.52. The minimum absolute atomic E-state index is 0.142. The lowest BCUT2D eigenvalue weighted by Gasteiger charge is -2.29. The predicted molar refractivity (Wildman–Crippen MR) is 92.1 cm³/mol. The van der Waals surface area contributed by atoms with E-state index in [-0.39, 0.29) is 24.1 Å². The first-order valence-electron chi connectivity index (χ1n) is 9.03. The molecule has 0 radical (unpaired) electrons. The molecule has 3 heterocycles. The number of rotatable bonds is 3. The van der Waals surface area contributed by atoms with Crippen LogP contribution in [0.1, 0.15) is 53.1 Å². The van der Waals surface area contributed by atoms with Gasteiger partial charge in [-0.2, -0.15) is 0 Å². The van der Waals surface area contributed by atoms with Gasteiger partial charge in [-0.15, -0.1) is 0 Å². The Morgan fingerprint density at radius 3 is 2.54 bits per heavy atom. The largest absolute Gasteiger partial charge is 0.345 e. The van der Waals surface area contributed by atoms with Gasteiger partial charge >= 0.3 is 0 Å². The number of carbonyl (C=O) groups excluding carboxylic acids is 4. The van der Waals surface area contributed by atoms with Crippen molar-refractivity contribution in [2.24, 2.45) is 0 Å². The minimum Gasteiger partial charge on any atom is -0.345 e. The summed E-state index contributed by atoms with van der Waals surface area (Å²) in [6.45, 7) is 1.92. The quantitative estimate of drug-likeness (QED) is 0.641. The number of benzene rings is 1. The number of piperidine rings is 2. The van der Waals surface area contributed by atoms with E-state index in [2.05, 4.69) is 11.4 Å². The van der Waals surface area contributed by atoms with Gasteiger partial charge in [0.05, 0.1) is 0 Å². The fourth-order valence-corrected chi connectivity index (χ4v) is 4.19. The van der Waals surface area contributed by atoms with Gasteiger partial charge in [0.2, 0.25) is 18.2 Å². The summed E-state index contributed by atoms with van der Waals surface area (Å²) in [4.78, 5) is 50.4. The molecule has 4 rings (SSSR count). The molecule has 1 aromatic rings. The fraction of sp³-hybridized carbons (Fsp3) is 0.474. The summed E-state index contributed by atoms with van der Waals surface area (Å²) in [7, 11) is 0. The van der Waals surface area contributed by atoms with Crippen LogP contribution in [0.5, 0.6) is 0 Å². The lowest BCUT2D eigenvalue weighted by atomic mass is 9.88. The Hall–Kier alpha value is -2.70. The molecule has 4 amide bonds. The second-order valence-electron chi connectivity index (χ2n) is 7.23. The number of imide groups is 1. The lowest BCUT2D eigenvalue weighted by molar-refractivity contribution is -0.137. The summed E-state index contributed by atoms with van der Waals surface area (Å²) in [5.74, 6) is -0.420. The van der Waals surface area contributed by atoms with E-state index in [1.54, 1.807) is 9.80 Å². The van der Waals surface area contributed by atoms with Crippen molar-refractivity contribution >= 4 is 24.1 Å². The molecule has 1 N–H and O–H groups in total. The molecule has 136 valence electrons. The molecular weight excluding hydrogens is 334 g/mol. The molecule has 0 saturated carbocycles. The van der Waals surface area contributed by atoms with Gasteiger partial charge < -0.3 is 9.80 Å². The van der Waals surface area contributed by atoms with Gasteiger partial charge in [-0.25, -0.2) is 0 Å². The molecule has 2 fully saturated rings. The molecule has 26 heavy (non-hydrogen) atoms. The van der Waals surface area contributed by atoms with Gasteiger partial charge in [-0.1, -0.05) is 12.1 Å². The van der Waals surface area contributed by atoms with Crippen LogP contribution in [0.15, 0.2) is 18.2 Å². The minimum atomic E-state index is -0.577. The topological polar surface area (TPSA) is 86.8 Å². The zero-order chi connectivity index (χ0) is 18.3. The number of hydrogen-bond acceptors (Lipinski definition) is 4. The molecule has 3 aliphatic heterocycles. The highest BCUT2D eigenvalue weighted by atomic mass is 16.2. The van der Waals surface area contributed by atoms with Gasteiger partial charge in [0.15, 0.2) is 0 Å². The van der Waals surface area contributed by atoms with E-state index in [1.165, 1.54) is 5.56 Å². The van der Waals surface area contributed by atoms with E-state index < -0.39 is 6.04 Å². The third-order valence-electron chi connectivity index (χ3n) is 5.70. The monoisotopic (exact) mass is 355 g/mol. The van der Waals surface area contributed by atoms with E-state index in [9.17, 15) is 19.2 Å². The summed E-state index contributed by atoms with van der Waals surface area (Å²) in [6, 6.07) is 5.34. The van der Waals surface area contributed by atoms with Crippen LogP contribution in [0, 0.1) is 0 Å². The van der Waals surface area contributed by atoms with Crippen LogP contribution in [0.4, 0.5) is 0 Å². The molecule has 7 heteroatoms. The van der Waals surface area contributed by atoms with Crippen molar-refractivity contribution in [3.05, 3.63) is 34.9 Å². The summed E-state index contributed by atoms with van der Waals surface area (Å²) in [5, 5.41) is 2.32. The van der Waals surface area contributed by atoms with Crippen molar-refractivity contribution in [2.75, 3.05) is 13.1 Å². The van der Waals surface area contributed by atoms with Gasteiger partial charge in [0.25, 0.3) is 5.91 Å². The first-order chi connectivity index (χ1) is 12.6. The van der Waals surface area contributed by atoms with Crippen LogP contribution in [0.2, 0.25) is 0 Å². The molecule has 0 aromatic heterocycles. The van der Waals surface area contributed by atoms with Crippen LogP contribution in [0.3, 0.4) is 0 Å². The second kappa shape index (κ2) is 6.55. The molecular formula is C19H21N3O4. The van der Waals surface area contributed by atoms with Crippen molar-refractivity contribution in [1.82, 2.24) is 15.1 Å². The second-order valence-corrected chi connectivity index (χ2v) is 7.23. The third-order valence-corrected chi connectivity index (χ3v) is 5.70. The molecule has 2 saturated heterocycles. The first kappa shape index (κ1) is 16.8. The van der Waals surface area contributed by atoms with Crippen molar-refractivity contribution < 1.29 is 19.2 Å². The van der Waals surface area contributed by atoms with Crippen LogP contribution in [-0.4, -0.2) is 53.1 Å². The molecule has 1 unspecified atom stereocenters. The van der Waals surface area contributed by atoms with Gasteiger partial charge in [0, 0.05) is 31.6 Å². The Labute approximate surface area is 151 Å². The van der Waals surface area contributed by atoms with Gasteiger partial charge in [-0.3, -0.25) is 24.5 Å². The van der Waals surface area contributed by atoms with Crippen LogP contribution in [-0.2, 0) is 20.9 Å². The number of nitrogens with one attached hydrogen (secondary N) is 1. The Kier molecular flexibility index (Phi) is 4.22. The van der Waals surface area contributed by atoms with Crippen molar-refractivity contribution in [3.63, 3.8) is 0 Å². The van der Waals surface area contributed by atoms with Crippen LogP contribution >= 0.6 is 0 Å². The van der Waals surface area contributed by atoms with Gasteiger partial charge in [0.1, 0.15) is 6.04 Å². The number of likely N-dealkylation sites (tertiary alicyclic amines) is 1. The van der Waals surface area contributed by atoms with E-state index in [4.69, 9.17) is 0 Å². The SMILES string of the molecule is O=CN1CCC(c2ccc3c(c2)CN(C2CCC(=O)NC2=O)C3=O)CC1. The number of hydrogen-bond donors (Lipinski definition) is 1. The maximum Gasteiger partial charge on any atom is 0.255 e. The fourth-order valence-electron chi connectivity index (χ4n) is 4.19. The van der Waals surface area contributed by atoms with E-state index in [1.807, 2.05) is 12.1 Å². The molecule has 7 nitrogen and oxygen atoms in total. The maximum absolute atomic E-state index is 12.7. The Balaban J connectivity index is 1.51. The highest BCUT2D eigenvalue weighted by Gasteiger charge is 2.39. The third kappa shape index (κ3) is 2.87. The van der Waals surface area contributed by atoms with Crippen molar-refractivity contribution in [1.29, 1.82) is 0 Å². The highest BCUT2D eigenvalue weighted by Crippen LogP contribution is 2.33. The molecule has 3 aliphatic rings. The molecule has 1 atom stereocenters. The number of carbonyl (C=O) groups is 4. The number of amides is 4. The average molecular weight is 355 g/mol. The zero-order valence-corrected chi connectivity index (χ0v) is 14.4. The Morgan fingerprint density at radius 2 is 1.85 bits per heavy atom. The maximum atomic E-state index is 12.7. The number of fused-ring (bicyclic) bond motifs is 1. The van der Waals surface area contributed by atoms with E-state index in [0.717, 1.165) is 37.9 Å². The zero-order valence-electron chi connectivity index (χ0n) is 14.4. The normalized spacial score (nSPS) is 23.8. The standard InChI is InChI=1S/C19H21N3O4/c23-11-21-7-5-12(6-8-21)13-1-2-15-14(9-13)10-22(19(15)26)16-3-4-17(24)20-18(16)25/h1-2,9,11-12,16H,3-8,10H2,(H,20,24,25). The van der Waals surface area contributed by atoms with Crippen molar-refractivity contribution in [3.8, 4) is 0 Å². The molecule has 0 bridgehead atoms. The number of nitrogens with zero attached hydrogens (tertiary/aromatic N) is 2. The summed E-state index contributed by atoms with van der Waals surface area (Å²) < 4.78 is 0. The van der Waals surface area contributed by atoms with E-state index in [0.29, 0.717) is 24.4 Å². The van der Waals surface area contributed by atoms with Gasteiger partial charge in [-0.05, 0) is 42.4 Å². The summed E-state index contributed by atoms with van der Waals surface area (Å²) >= 11 is 0. The van der Waals surface area contributed by atoms with E-state index >= 15 is 0 Å². The molecule has 0 spiro atoms. The Morgan fingerprint density at radius 1 is 1.08 bits per heavy atom. The highest BCUT2D eigenvalue weighted by molar-refractivity contribution is 6.05. The molecule has 0 aliphatic carbocycles. The average Bonchev–Trinajstić information content (AvgIpc) is 2.98. The smallest absolute Gasteiger partial charge is 0.255 e. The molecule has 1 aromatic carbocycles. The van der Waals surface area contributed by atoms with Crippen molar-refractivity contribution in [2.45, 2.75) is 44.2 Å². The first-order valence-corrected chi connectivity index (χ1v) is 9.03. The summed E-state index contributed by atoms with van der Waals surface area (Å²) in [5.41, 5.74) is 2.77. The van der Waals surface area contributed by atoms with Crippen LogP contribution < -0.4 is 5.32 Å². The summed E-state index contributed by atoms with van der Waals surface area (Å²) in [6.07, 6.45) is 3.37. The van der Waals surface area contributed by atoms with Crippen LogP contribution in [0.25, 0.3) is 0 Å². The Bertz CT molecular complexity index is 783.